The number of nitrogens with zero attached hydrogens (tertiary/aromatic N) is 6. The van der Waals surface area contributed by atoms with E-state index in [0.717, 1.165) is 54.8 Å². The lowest BCUT2D eigenvalue weighted by molar-refractivity contribution is -0.385. The minimum Gasteiger partial charge on any atom is -0.399 e. The van der Waals surface area contributed by atoms with Crippen LogP contribution in [0.15, 0.2) is 72.8 Å². The van der Waals surface area contributed by atoms with Crippen LogP contribution in [0.2, 0.25) is 0 Å². The molecule has 4 heterocycles. The van der Waals surface area contributed by atoms with Crippen LogP contribution in [0.4, 0.5) is 17.1 Å². The number of nitrogens with two attached hydrogens (primary N) is 1. The van der Waals surface area contributed by atoms with Gasteiger partial charge >= 0.3 is 0 Å². The van der Waals surface area contributed by atoms with Crippen molar-refractivity contribution in [1.29, 1.82) is 0 Å². The number of hydrogen-bond acceptors (Lipinski definition) is 9. The highest BCUT2D eigenvalue weighted by Crippen LogP contribution is 2.24. The molecule has 0 unspecified atom stereocenters. The van der Waals surface area contributed by atoms with Crippen molar-refractivity contribution in [3.05, 3.63) is 110 Å². The standard InChI is InChI=1S/C17H25N3O2.C17H27N3.C7H6BrNO2/c21-20(22)17-6-4-15(5-7-17)14-18-12-8-16(9-13-18)19-10-2-1-3-11-19;18-16-6-4-15(5-7-16)14-19-12-8-17(9-13-19)20-10-2-1-3-11-20;8-5-6-1-3-7(4-2-6)9(10)11/h4-7,16H,1-3,8-14H2;4-7,17H,1-3,8-14,18H2;1-4H,5H2. The number of rotatable bonds is 9. The van der Waals surface area contributed by atoms with Crippen LogP contribution in [0.5, 0.6) is 0 Å². The maximum Gasteiger partial charge on any atom is 0.269 e. The quantitative estimate of drug-likeness (QED) is 0.0987. The highest BCUT2D eigenvalue weighted by Gasteiger charge is 2.26. The van der Waals surface area contributed by atoms with Crippen LogP contribution >= 0.6 is 15.9 Å². The van der Waals surface area contributed by atoms with E-state index in [-0.39, 0.29) is 16.3 Å². The molecule has 288 valence electrons. The molecule has 3 aromatic rings. The van der Waals surface area contributed by atoms with E-state index < -0.39 is 4.92 Å². The lowest BCUT2D eigenvalue weighted by Crippen LogP contribution is -2.46. The Balaban J connectivity index is 0.000000162. The Morgan fingerprint density at radius 3 is 1.21 bits per heavy atom. The van der Waals surface area contributed by atoms with Gasteiger partial charge in [0.25, 0.3) is 11.4 Å². The second-order valence-corrected chi connectivity index (χ2v) is 15.5. The van der Waals surface area contributed by atoms with Crippen LogP contribution in [0.25, 0.3) is 0 Å². The van der Waals surface area contributed by atoms with Gasteiger partial charge in [-0.05, 0) is 133 Å². The summed E-state index contributed by atoms with van der Waals surface area (Å²) in [6, 6.07) is 23.4. The van der Waals surface area contributed by atoms with Gasteiger partial charge in [-0.2, -0.15) is 0 Å². The molecule has 0 aromatic heterocycles. The molecule has 0 saturated carbocycles. The van der Waals surface area contributed by atoms with E-state index in [1.54, 1.807) is 24.3 Å². The number of anilines is 1. The molecule has 53 heavy (non-hydrogen) atoms. The van der Waals surface area contributed by atoms with E-state index in [1.165, 1.54) is 127 Å². The summed E-state index contributed by atoms with van der Waals surface area (Å²) in [6.07, 6.45) is 13.6. The van der Waals surface area contributed by atoms with Gasteiger partial charge in [0.05, 0.1) is 9.85 Å². The van der Waals surface area contributed by atoms with Crippen LogP contribution in [-0.2, 0) is 18.4 Å². The van der Waals surface area contributed by atoms with Crippen LogP contribution in [-0.4, -0.2) is 93.9 Å². The minimum atomic E-state index is -0.405. The van der Waals surface area contributed by atoms with Crippen LogP contribution in [0.3, 0.4) is 0 Å². The summed E-state index contributed by atoms with van der Waals surface area (Å²) in [4.78, 5) is 30.6. The first-order chi connectivity index (χ1) is 25.8. The van der Waals surface area contributed by atoms with E-state index in [1.807, 2.05) is 24.3 Å². The number of likely N-dealkylation sites (tertiary alicyclic amines) is 4. The summed E-state index contributed by atoms with van der Waals surface area (Å²) in [5.74, 6) is 0. The predicted octanol–water partition coefficient (Wildman–Crippen LogP) is 8.25. The Morgan fingerprint density at radius 2 is 0.868 bits per heavy atom. The molecule has 0 aliphatic carbocycles. The fraction of sp³-hybridized carbons (Fsp3) is 0.561. The zero-order valence-electron chi connectivity index (χ0n) is 31.2. The maximum absolute atomic E-state index is 10.7. The first kappa shape index (κ1) is 40.8. The fourth-order valence-electron chi connectivity index (χ4n) is 8.02. The van der Waals surface area contributed by atoms with Crippen molar-refractivity contribution < 1.29 is 9.85 Å². The minimum absolute atomic E-state index is 0.134. The van der Waals surface area contributed by atoms with Gasteiger partial charge in [-0.1, -0.05) is 65.2 Å². The first-order valence-electron chi connectivity index (χ1n) is 19.6. The Kier molecular flexibility index (Phi) is 16.5. The third-order valence-corrected chi connectivity index (χ3v) is 11.8. The molecular weight excluding hydrogens is 734 g/mol. The van der Waals surface area contributed by atoms with Gasteiger partial charge in [-0.25, -0.2) is 0 Å². The number of benzene rings is 3. The summed E-state index contributed by atoms with van der Waals surface area (Å²) in [5, 5.41) is 21.6. The summed E-state index contributed by atoms with van der Waals surface area (Å²) >= 11 is 3.25. The summed E-state index contributed by atoms with van der Waals surface area (Å²) in [7, 11) is 0. The van der Waals surface area contributed by atoms with E-state index >= 15 is 0 Å². The SMILES string of the molecule is Nc1ccc(CN2CCC(N3CCCCC3)CC2)cc1.O=[N+]([O-])c1ccc(CBr)cc1.O=[N+]([O-])c1ccc(CN2CCC(N3CCCCC3)CC2)cc1. The number of halogens is 1. The van der Waals surface area contributed by atoms with Crippen molar-refractivity contribution in [2.24, 2.45) is 0 Å². The van der Waals surface area contributed by atoms with Crippen molar-refractivity contribution >= 4 is 33.0 Å². The molecule has 0 amide bonds. The monoisotopic (exact) mass is 791 g/mol. The van der Waals surface area contributed by atoms with Crippen LogP contribution in [0.1, 0.15) is 80.9 Å². The van der Waals surface area contributed by atoms with E-state index in [9.17, 15) is 20.2 Å². The lowest BCUT2D eigenvalue weighted by atomic mass is 9.99. The number of nitrogen functional groups attached to an aromatic ring is 1. The molecule has 4 saturated heterocycles. The number of piperidine rings is 4. The molecular formula is C41H58BrN7O4. The first-order valence-corrected chi connectivity index (χ1v) is 20.7. The molecule has 12 heteroatoms. The average molecular weight is 793 g/mol. The second-order valence-electron chi connectivity index (χ2n) is 14.9. The maximum atomic E-state index is 10.7. The molecule has 3 aromatic carbocycles. The molecule has 4 fully saturated rings. The zero-order chi connectivity index (χ0) is 37.4. The van der Waals surface area contributed by atoms with Gasteiger partial charge in [0.1, 0.15) is 0 Å². The second kappa shape index (κ2) is 21.5. The van der Waals surface area contributed by atoms with Gasteiger partial charge in [0.15, 0.2) is 0 Å². The van der Waals surface area contributed by atoms with Gasteiger partial charge in [-0.3, -0.25) is 30.0 Å². The van der Waals surface area contributed by atoms with Crippen molar-refractivity contribution in [2.75, 3.05) is 58.1 Å². The van der Waals surface area contributed by atoms with Gasteiger partial charge < -0.3 is 15.5 Å². The number of nitro groups is 2. The summed E-state index contributed by atoms with van der Waals surface area (Å²) in [5.41, 5.74) is 10.5. The molecule has 2 N–H and O–H groups in total. The van der Waals surface area contributed by atoms with Crippen LogP contribution < -0.4 is 5.73 Å². The summed E-state index contributed by atoms with van der Waals surface area (Å²) in [6.45, 7) is 12.0. The normalized spacial score (nSPS) is 19.7. The predicted molar refractivity (Wildman–Crippen MR) is 217 cm³/mol. The Bertz CT molecular complexity index is 1520. The lowest BCUT2D eigenvalue weighted by Gasteiger charge is -2.40. The fourth-order valence-corrected chi connectivity index (χ4v) is 8.40. The Morgan fingerprint density at radius 1 is 0.528 bits per heavy atom. The van der Waals surface area contributed by atoms with Crippen LogP contribution in [0, 0.1) is 20.2 Å². The number of hydrogen-bond donors (Lipinski definition) is 1. The molecule has 0 atom stereocenters. The van der Waals surface area contributed by atoms with Crippen molar-refractivity contribution in [3.63, 3.8) is 0 Å². The molecule has 4 aliphatic heterocycles. The number of nitro benzene ring substituents is 2. The van der Waals surface area contributed by atoms with E-state index in [0.29, 0.717) is 0 Å². The number of alkyl halides is 1. The highest BCUT2D eigenvalue weighted by molar-refractivity contribution is 9.08. The van der Waals surface area contributed by atoms with E-state index in [4.69, 9.17) is 5.73 Å². The number of non-ortho nitro benzene ring substituents is 2. The zero-order valence-corrected chi connectivity index (χ0v) is 32.8. The van der Waals surface area contributed by atoms with Crippen molar-refractivity contribution in [3.8, 4) is 0 Å². The molecule has 7 rings (SSSR count). The molecule has 0 bridgehead atoms. The molecule has 4 aliphatic rings. The van der Waals surface area contributed by atoms with Crippen molar-refractivity contribution in [1.82, 2.24) is 19.6 Å². The average Bonchev–Trinajstić information content (AvgIpc) is 3.21. The Hall–Kier alpha value is -3.42. The smallest absolute Gasteiger partial charge is 0.269 e. The largest absolute Gasteiger partial charge is 0.399 e. The summed E-state index contributed by atoms with van der Waals surface area (Å²) < 4.78 is 0. The van der Waals surface area contributed by atoms with Crippen molar-refractivity contribution in [2.45, 2.75) is 94.7 Å². The Labute approximate surface area is 323 Å². The molecule has 11 nitrogen and oxygen atoms in total. The third kappa shape index (κ3) is 13.4. The van der Waals surface area contributed by atoms with Gasteiger partial charge in [0.2, 0.25) is 0 Å². The van der Waals surface area contributed by atoms with Gasteiger partial charge in [0, 0.05) is 60.5 Å². The third-order valence-electron chi connectivity index (χ3n) is 11.2. The topological polar surface area (TPSA) is 125 Å². The molecule has 0 radical (unpaired) electrons. The van der Waals surface area contributed by atoms with Gasteiger partial charge in [-0.15, -0.1) is 0 Å². The van der Waals surface area contributed by atoms with E-state index in [2.05, 4.69) is 47.7 Å². The highest BCUT2D eigenvalue weighted by atomic mass is 79.9. The molecule has 0 spiro atoms.